The van der Waals surface area contributed by atoms with Crippen molar-refractivity contribution in [3.63, 3.8) is 0 Å². The molecular formula is C5H9F3N2O. The summed E-state index contributed by atoms with van der Waals surface area (Å²) in [6, 6.07) is -0.559. The van der Waals surface area contributed by atoms with Gasteiger partial charge in [-0.2, -0.15) is 0 Å². The monoisotopic (exact) mass is 170 g/mol. The number of ether oxygens (including phenoxy) is 1. The number of hydrogen-bond acceptors (Lipinski definition) is 3. The Hall–Kier alpha value is -0.330. The Morgan fingerprint density at radius 3 is 2.36 bits per heavy atom. The number of nitrogens with two attached hydrogens (primary N) is 1. The quantitative estimate of drug-likeness (QED) is 0.574. The second kappa shape index (κ2) is 2.96. The van der Waals surface area contributed by atoms with Gasteiger partial charge in [0.15, 0.2) is 0 Å². The van der Waals surface area contributed by atoms with Gasteiger partial charge in [0.2, 0.25) is 0 Å². The number of rotatable bonds is 1. The van der Waals surface area contributed by atoms with Crippen molar-refractivity contribution in [2.45, 2.75) is 18.5 Å². The van der Waals surface area contributed by atoms with E-state index in [1.54, 1.807) is 0 Å². The fourth-order valence-electron chi connectivity index (χ4n) is 0.976. The van der Waals surface area contributed by atoms with Crippen LogP contribution in [0.4, 0.5) is 13.2 Å². The zero-order valence-corrected chi connectivity index (χ0v) is 5.69. The number of nitrogens with one attached hydrogen (secondary N) is 1. The molecule has 1 saturated heterocycles. The number of hydrogen-bond donors (Lipinski definition) is 2. The highest BCUT2D eigenvalue weighted by atomic mass is 19.4. The lowest BCUT2D eigenvalue weighted by molar-refractivity contribution is -0.341. The maximum Gasteiger partial charge on any atom is 0.522 e. The zero-order valence-electron chi connectivity index (χ0n) is 5.69. The summed E-state index contributed by atoms with van der Waals surface area (Å²) in [6.07, 6.45) is -5.51. The molecule has 1 aliphatic heterocycles. The molecule has 0 amide bonds. The largest absolute Gasteiger partial charge is 0.522 e. The van der Waals surface area contributed by atoms with E-state index in [4.69, 9.17) is 5.73 Å². The molecule has 2 unspecified atom stereocenters. The third-order valence-corrected chi connectivity index (χ3v) is 1.49. The second-order valence-electron chi connectivity index (χ2n) is 2.42. The predicted octanol–water partition coefficient (Wildman–Crippen LogP) is -0.178. The average Bonchev–Trinajstić information content (AvgIpc) is 2.12. The van der Waals surface area contributed by atoms with Crippen LogP contribution in [0.5, 0.6) is 0 Å². The average molecular weight is 170 g/mol. The van der Waals surface area contributed by atoms with E-state index < -0.39 is 18.5 Å². The van der Waals surface area contributed by atoms with Gasteiger partial charge >= 0.3 is 6.36 Å². The molecular weight excluding hydrogens is 161 g/mol. The molecule has 0 spiro atoms. The van der Waals surface area contributed by atoms with E-state index in [-0.39, 0.29) is 6.54 Å². The summed E-state index contributed by atoms with van der Waals surface area (Å²) >= 11 is 0. The Morgan fingerprint density at radius 1 is 1.36 bits per heavy atom. The van der Waals surface area contributed by atoms with Crippen LogP contribution >= 0.6 is 0 Å². The van der Waals surface area contributed by atoms with E-state index in [1.165, 1.54) is 0 Å². The molecule has 0 aromatic carbocycles. The molecule has 0 aromatic heterocycles. The molecule has 1 fully saturated rings. The molecule has 11 heavy (non-hydrogen) atoms. The molecule has 2 atom stereocenters. The van der Waals surface area contributed by atoms with Crippen LogP contribution in [0.25, 0.3) is 0 Å². The van der Waals surface area contributed by atoms with Crippen molar-refractivity contribution in [1.82, 2.24) is 5.32 Å². The molecule has 3 nitrogen and oxygen atoms in total. The Bertz CT molecular complexity index is 138. The predicted molar refractivity (Wildman–Crippen MR) is 31.8 cm³/mol. The minimum Gasteiger partial charge on any atom is -0.324 e. The van der Waals surface area contributed by atoms with E-state index in [9.17, 15) is 13.2 Å². The van der Waals surface area contributed by atoms with Gasteiger partial charge in [-0.05, 0) is 0 Å². The Labute approximate surface area is 61.7 Å². The van der Waals surface area contributed by atoms with Crippen LogP contribution in [0.1, 0.15) is 0 Å². The van der Waals surface area contributed by atoms with E-state index in [0.29, 0.717) is 6.54 Å². The van der Waals surface area contributed by atoms with Gasteiger partial charge < -0.3 is 11.1 Å². The highest BCUT2D eigenvalue weighted by Crippen LogP contribution is 2.20. The molecule has 0 saturated carbocycles. The molecule has 0 aromatic rings. The maximum absolute atomic E-state index is 11.6. The summed E-state index contributed by atoms with van der Waals surface area (Å²) in [4.78, 5) is 0. The molecule has 1 aliphatic rings. The summed E-state index contributed by atoms with van der Waals surface area (Å²) in [6.45, 7) is 0.543. The minimum absolute atomic E-state index is 0.167. The smallest absolute Gasteiger partial charge is 0.324 e. The second-order valence-corrected chi connectivity index (χ2v) is 2.42. The summed E-state index contributed by atoms with van der Waals surface area (Å²) in [5.74, 6) is 0. The van der Waals surface area contributed by atoms with Crippen LogP contribution in [0.3, 0.4) is 0 Å². The first-order chi connectivity index (χ1) is 4.99. The first kappa shape index (κ1) is 8.76. The van der Waals surface area contributed by atoms with Gasteiger partial charge in [0.25, 0.3) is 0 Å². The van der Waals surface area contributed by atoms with Crippen molar-refractivity contribution >= 4 is 0 Å². The van der Waals surface area contributed by atoms with Crippen LogP contribution < -0.4 is 11.1 Å². The summed E-state index contributed by atoms with van der Waals surface area (Å²) in [5.41, 5.74) is 5.30. The van der Waals surface area contributed by atoms with Gasteiger partial charge in [-0.25, -0.2) is 0 Å². The fourth-order valence-corrected chi connectivity index (χ4v) is 0.976. The summed E-state index contributed by atoms with van der Waals surface area (Å²) in [5, 5.41) is 2.69. The van der Waals surface area contributed by atoms with Crippen molar-refractivity contribution in [2.75, 3.05) is 13.1 Å². The van der Waals surface area contributed by atoms with Gasteiger partial charge in [-0.1, -0.05) is 0 Å². The molecule has 3 N–H and O–H groups in total. The van der Waals surface area contributed by atoms with Gasteiger partial charge in [0.05, 0.1) is 6.10 Å². The minimum atomic E-state index is -4.58. The maximum atomic E-state index is 11.6. The van der Waals surface area contributed by atoms with Crippen molar-refractivity contribution in [1.29, 1.82) is 0 Å². The lowest BCUT2D eigenvalue weighted by Gasteiger charge is -2.16. The molecule has 0 bridgehead atoms. The Morgan fingerprint density at radius 2 is 2.00 bits per heavy atom. The van der Waals surface area contributed by atoms with E-state index >= 15 is 0 Å². The molecule has 0 aliphatic carbocycles. The van der Waals surface area contributed by atoms with Crippen molar-refractivity contribution in [3.8, 4) is 0 Å². The third-order valence-electron chi connectivity index (χ3n) is 1.49. The zero-order chi connectivity index (χ0) is 8.48. The lowest BCUT2D eigenvalue weighted by atomic mass is 10.2. The normalized spacial score (nSPS) is 32.7. The molecule has 1 heterocycles. The van der Waals surface area contributed by atoms with Crippen molar-refractivity contribution < 1.29 is 17.9 Å². The van der Waals surface area contributed by atoms with E-state index in [1.807, 2.05) is 0 Å². The van der Waals surface area contributed by atoms with E-state index in [0.717, 1.165) is 0 Å². The van der Waals surface area contributed by atoms with Crippen molar-refractivity contribution in [3.05, 3.63) is 0 Å². The SMILES string of the molecule is NC1CNCC1OC(F)(F)F. The summed E-state index contributed by atoms with van der Waals surface area (Å²) < 4.78 is 38.4. The molecule has 66 valence electrons. The lowest BCUT2D eigenvalue weighted by Crippen LogP contribution is -2.38. The molecule has 1 rings (SSSR count). The van der Waals surface area contributed by atoms with Crippen LogP contribution in [0, 0.1) is 0 Å². The van der Waals surface area contributed by atoms with Crippen LogP contribution in [0.2, 0.25) is 0 Å². The van der Waals surface area contributed by atoms with Crippen LogP contribution in [-0.4, -0.2) is 31.6 Å². The molecule has 6 heteroatoms. The topological polar surface area (TPSA) is 47.3 Å². The van der Waals surface area contributed by atoms with Crippen molar-refractivity contribution in [2.24, 2.45) is 5.73 Å². The highest BCUT2D eigenvalue weighted by molar-refractivity contribution is 4.84. The standard InChI is InChI=1S/C5H9F3N2O/c6-5(7,8)11-4-2-10-1-3(4)9/h3-4,10H,1-2,9H2. The number of halogens is 3. The van der Waals surface area contributed by atoms with Gasteiger partial charge in [0, 0.05) is 19.1 Å². The summed E-state index contributed by atoms with van der Waals surface area (Å²) in [7, 11) is 0. The Kier molecular flexibility index (Phi) is 2.36. The van der Waals surface area contributed by atoms with E-state index in [2.05, 4.69) is 10.1 Å². The Balaban J connectivity index is 2.37. The highest BCUT2D eigenvalue weighted by Gasteiger charge is 2.37. The van der Waals surface area contributed by atoms with Crippen LogP contribution in [-0.2, 0) is 4.74 Å². The molecule has 0 radical (unpaired) electrons. The first-order valence-electron chi connectivity index (χ1n) is 3.20. The van der Waals surface area contributed by atoms with Gasteiger partial charge in [0.1, 0.15) is 0 Å². The van der Waals surface area contributed by atoms with Gasteiger partial charge in [-0.3, -0.25) is 4.74 Å². The number of alkyl halides is 3. The third kappa shape index (κ3) is 2.64. The fraction of sp³-hybridized carbons (Fsp3) is 1.00. The van der Waals surface area contributed by atoms with Gasteiger partial charge in [-0.15, -0.1) is 13.2 Å². The first-order valence-corrected chi connectivity index (χ1v) is 3.20. The van der Waals surface area contributed by atoms with Crippen LogP contribution in [0.15, 0.2) is 0 Å².